The summed E-state index contributed by atoms with van der Waals surface area (Å²) in [6, 6.07) is 0. The van der Waals surface area contributed by atoms with Crippen LogP contribution in [0, 0.1) is 0 Å². The minimum absolute atomic E-state index is 0.0484. The number of piperidine rings is 3. The number of nitrogens with zero attached hydrogens (tertiary/aromatic N) is 4. The Bertz CT molecular complexity index is 863. The zero-order valence-corrected chi connectivity index (χ0v) is 28.9. The molecule has 4 rings (SSSR count). The Kier molecular flexibility index (Phi) is 7.82. The summed E-state index contributed by atoms with van der Waals surface area (Å²) < 4.78 is 2.92. The van der Waals surface area contributed by atoms with Crippen LogP contribution in [0.1, 0.15) is 162 Å². The molecule has 0 atom stereocenters. The van der Waals surface area contributed by atoms with Gasteiger partial charge >= 0.3 is 246 Å². The van der Waals surface area contributed by atoms with Crippen LogP contribution in [0.5, 0.6) is 0 Å². The first-order chi connectivity index (χ1) is 17.5. The van der Waals surface area contributed by atoms with E-state index in [9.17, 15) is 0 Å². The Labute approximate surface area is 245 Å². The normalized spacial score (nSPS) is 30.6. The molecule has 0 saturated carbocycles. The Morgan fingerprint density at radius 2 is 0.795 bits per heavy atom. The van der Waals surface area contributed by atoms with Crippen molar-refractivity contribution in [1.29, 1.82) is 0 Å². The molecule has 0 aromatic carbocycles. The van der Waals surface area contributed by atoms with Gasteiger partial charge in [0, 0.05) is 0 Å². The van der Waals surface area contributed by atoms with Crippen molar-refractivity contribution in [3.8, 4) is 0 Å². The van der Waals surface area contributed by atoms with Gasteiger partial charge < -0.3 is 0 Å². The van der Waals surface area contributed by atoms with Gasteiger partial charge in [0.1, 0.15) is 0 Å². The summed E-state index contributed by atoms with van der Waals surface area (Å²) in [5, 5.41) is 1.64. The molecular formula is C32H63B3N4. The van der Waals surface area contributed by atoms with Gasteiger partial charge in [-0.25, -0.2) is 0 Å². The maximum absolute atomic E-state index is 2.95. The maximum atomic E-state index is 2.95. The average Bonchev–Trinajstić information content (AvgIpc) is 2.67. The zero-order chi connectivity index (χ0) is 29.6. The summed E-state index contributed by atoms with van der Waals surface area (Å²) in [6.45, 7) is 38.1. The molecule has 0 unspecified atom stereocenters. The molecule has 7 heteroatoms. The van der Waals surface area contributed by atoms with Crippen LogP contribution >= 0.6 is 0 Å². The van der Waals surface area contributed by atoms with Gasteiger partial charge in [-0.2, -0.15) is 0 Å². The van der Waals surface area contributed by atoms with Crippen molar-refractivity contribution in [3.05, 3.63) is 0 Å². The molecule has 0 radical (unpaired) electrons. The van der Waals surface area contributed by atoms with Crippen LogP contribution in [0.25, 0.3) is 0 Å². The predicted octanol–water partition coefficient (Wildman–Crippen LogP) is 7.08. The summed E-state index contributed by atoms with van der Waals surface area (Å²) in [4.78, 5) is 8.70. The van der Waals surface area contributed by atoms with Crippen LogP contribution in [-0.4, -0.2) is 84.2 Å². The SMILES string of the molecule is CC(C)(C)N1B(N2C(C)(C)CCCC2(C)C)C(=BN2C(C)(C)CCCC2(C)C)B1N1C(C)(C)CCCC1(C)C. The van der Waals surface area contributed by atoms with Gasteiger partial charge in [0.05, 0.1) is 0 Å². The molecule has 4 fully saturated rings. The van der Waals surface area contributed by atoms with E-state index in [1.165, 1.54) is 57.8 Å². The van der Waals surface area contributed by atoms with Gasteiger partial charge in [0.2, 0.25) is 0 Å². The number of hydrogen-bond donors (Lipinski definition) is 0. The quantitative estimate of drug-likeness (QED) is 0.358. The molecule has 0 aromatic rings. The minimum atomic E-state index is 0.0484. The summed E-state index contributed by atoms with van der Waals surface area (Å²) >= 11 is 0. The summed E-state index contributed by atoms with van der Waals surface area (Å²) in [7, 11) is 2.71. The molecule has 220 valence electrons. The molecule has 4 saturated heterocycles. The van der Waals surface area contributed by atoms with Crippen LogP contribution in [0.2, 0.25) is 0 Å². The summed E-state index contributed by atoms with van der Waals surface area (Å²) in [5.74, 6) is 0. The Morgan fingerprint density at radius 1 is 0.513 bits per heavy atom. The Morgan fingerprint density at radius 3 is 1.08 bits per heavy atom. The molecule has 0 spiro atoms. The van der Waals surface area contributed by atoms with Crippen molar-refractivity contribution in [1.82, 2.24) is 19.2 Å². The molecule has 4 nitrogen and oxygen atoms in total. The van der Waals surface area contributed by atoms with E-state index in [0.29, 0.717) is 14.0 Å². The molecule has 4 heterocycles. The number of rotatable bonds is 3. The van der Waals surface area contributed by atoms with Crippen molar-refractivity contribution >= 4 is 26.3 Å². The standard InChI is InChI=1S/C32H63B3N4/c1-26(2,3)39-34(37-29(8,9)21-17-22-30(37,10)11)25(33-36-27(4,5)19-16-20-28(36,6)7)35(39)38-31(12,13)23-18-24-32(38,14)15/h16-24H2,1-15H3. The van der Waals surface area contributed by atoms with Crippen molar-refractivity contribution in [2.75, 3.05) is 0 Å². The van der Waals surface area contributed by atoms with Gasteiger partial charge in [0.25, 0.3) is 0 Å². The molecule has 0 aromatic heterocycles. The third-order valence-corrected chi connectivity index (χ3v) is 11.3. The summed E-state index contributed by atoms with van der Waals surface area (Å²) in [5.41, 5.74) is 0.976. The molecule has 4 aliphatic heterocycles. The number of hydrogen-bond acceptors (Lipinski definition) is 4. The van der Waals surface area contributed by atoms with Crippen molar-refractivity contribution in [3.63, 3.8) is 0 Å². The first kappa shape index (κ1) is 31.7. The van der Waals surface area contributed by atoms with Gasteiger partial charge in [-0.1, -0.05) is 0 Å². The van der Waals surface area contributed by atoms with Gasteiger partial charge in [0.15, 0.2) is 0 Å². The van der Waals surface area contributed by atoms with Gasteiger partial charge in [-0.05, 0) is 0 Å². The van der Waals surface area contributed by atoms with Crippen LogP contribution < -0.4 is 0 Å². The van der Waals surface area contributed by atoms with Crippen LogP contribution in [0.15, 0.2) is 0 Å². The van der Waals surface area contributed by atoms with E-state index < -0.39 is 0 Å². The molecule has 0 N–H and O–H groups in total. The Balaban J connectivity index is 1.97. The first-order valence-electron chi connectivity index (χ1n) is 16.3. The summed E-state index contributed by atoms with van der Waals surface area (Å²) in [6.07, 6.45) is 11.6. The molecule has 39 heavy (non-hydrogen) atoms. The topological polar surface area (TPSA) is 13.0 Å². The predicted molar refractivity (Wildman–Crippen MR) is 175 cm³/mol. The van der Waals surface area contributed by atoms with E-state index in [1.807, 2.05) is 0 Å². The molecular weight excluding hydrogens is 473 g/mol. The second-order valence-corrected chi connectivity index (χ2v) is 18.5. The fourth-order valence-corrected chi connectivity index (χ4v) is 9.78. The second kappa shape index (κ2) is 9.63. The van der Waals surface area contributed by atoms with Crippen molar-refractivity contribution in [2.24, 2.45) is 0 Å². The van der Waals surface area contributed by atoms with Crippen LogP contribution in [-0.2, 0) is 0 Å². The average molecular weight is 536 g/mol. The first-order valence-corrected chi connectivity index (χ1v) is 16.3. The van der Waals surface area contributed by atoms with E-state index >= 15 is 0 Å². The van der Waals surface area contributed by atoms with E-state index in [2.05, 4.69) is 130 Å². The molecule has 4 aliphatic rings. The van der Waals surface area contributed by atoms with E-state index in [0.717, 1.165) is 0 Å². The Hall–Kier alpha value is -0.255. The van der Waals surface area contributed by atoms with Gasteiger partial charge in [-0.15, -0.1) is 0 Å². The van der Waals surface area contributed by atoms with Gasteiger partial charge in [-0.3, -0.25) is 0 Å². The van der Waals surface area contributed by atoms with E-state index in [-0.39, 0.29) is 38.8 Å². The van der Waals surface area contributed by atoms with E-state index in [4.69, 9.17) is 0 Å². The fourth-order valence-electron chi connectivity index (χ4n) is 9.78. The van der Waals surface area contributed by atoms with E-state index in [1.54, 1.807) is 5.26 Å². The molecule has 0 bridgehead atoms. The third kappa shape index (κ3) is 5.49. The molecule has 0 amide bonds. The van der Waals surface area contributed by atoms with Crippen LogP contribution in [0.3, 0.4) is 0 Å². The van der Waals surface area contributed by atoms with Crippen molar-refractivity contribution < 1.29 is 0 Å². The van der Waals surface area contributed by atoms with Crippen molar-refractivity contribution in [2.45, 2.75) is 200 Å². The third-order valence-electron chi connectivity index (χ3n) is 11.3. The van der Waals surface area contributed by atoms with Crippen LogP contribution in [0.4, 0.5) is 0 Å². The monoisotopic (exact) mass is 537 g/mol. The molecule has 0 aliphatic carbocycles. The zero-order valence-electron chi connectivity index (χ0n) is 28.9. The second-order valence-electron chi connectivity index (χ2n) is 18.5. The fraction of sp³-hybridized carbons (Fsp3) is 0.969.